The molecular weight excluding hydrogens is 444 g/mol. The molecule has 178 valence electrons. The van der Waals surface area contributed by atoms with Crippen molar-refractivity contribution in [3.8, 4) is 5.75 Å². The fourth-order valence-corrected chi connectivity index (χ4v) is 4.92. The second-order valence-electron chi connectivity index (χ2n) is 9.73. The summed E-state index contributed by atoms with van der Waals surface area (Å²) < 4.78 is 6.51. The topological polar surface area (TPSA) is 43.7 Å². The predicted octanol–water partition coefficient (Wildman–Crippen LogP) is 6.83. The minimum absolute atomic E-state index is 0.0130. The van der Waals surface area contributed by atoms with Crippen LogP contribution in [-0.2, 0) is 4.79 Å². The highest BCUT2D eigenvalue weighted by Crippen LogP contribution is 2.48. The molecule has 2 heterocycles. The number of carbonyl (C=O) groups is 1. The molecule has 0 atom stereocenters. The number of halogens is 1. The number of hydrogen-bond acceptors (Lipinski definition) is 3. The van der Waals surface area contributed by atoms with Gasteiger partial charge in [-0.15, -0.1) is 0 Å². The maximum Gasteiger partial charge on any atom is 0.221 e. The Morgan fingerprint density at radius 1 is 1.18 bits per heavy atom. The molecule has 0 unspecified atom stereocenters. The molecule has 1 aliphatic carbocycles. The molecule has 1 aromatic heterocycles. The summed E-state index contributed by atoms with van der Waals surface area (Å²) in [5, 5.41) is -0.244. The summed E-state index contributed by atoms with van der Waals surface area (Å²) >= 11 is 5.45. The zero-order valence-electron chi connectivity index (χ0n) is 20.4. The third kappa shape index (κ3) is 5.79. The number of aromatic amines is 1. The fourth-order valence-electron chi connectivity index (χ4n) is 4.79. The summed E-state index contributed by atoms with van der Waals surface area (Å²) in [5.41, 5.74) is 5.88. The van der Waals surface area contributed by atoms with Gasteiger partial charge in [0.15, 0.2) is 6.20 Å². The largest absolute Gasteiger partial charge is 0.456 e. The molecule has 0 saturated carbocycles. The fraction of sp³-hybridized carbons (Fsp3) is 0.379. The van der Waals surface area contributed by atoms with E-state index in [0.717, 1.165) is 67.2 Å². The van der Waals surface area contributed by atoms with Gasteiger partial charge in [0.2, 0.25) is 10.9 Å². The average Bonchev–Trinajstić information content (AvgIpc) is 2.80. The van der Waals surface area contributed by atoms with Crippen molar-refractivity contribution in [1.29, 1.82) is 0 Å². The number of nitrogens with one attached hydrogen (secondary N) is 1. The molecule has 0 fully saturated rings. The Balaban J connectivity index is 1.54. The van der Waals surface area contributed by atoms with Gasteiger partial charge in [-0.1, -0.05) is 20.3 Å². The van der Waals surface area contributed by atoms with Crippen LogP contribution in [-0.4, -0.2) is 18.3 Å². The number of rotatable bonds is 9. The average molecular weight is 478 g/mol. The van der Waals surface area contributed by atoms with Gasteiger partial charge < -0.3 is 9.64 Å². The summed E-state index contributed by atoms with van der Waals surface area (Å²) in [4.78, 5) is 16.6. The maximum absolute atomic E-state index is 10.9. The van der Waals surface area contributed by atoms with Crippen molar-refractivity contribution in [3.05, 3.63) is 76.8 Å². The molecule has 4 rings (SSSR count). The van der Waals surface area contributed by atoms with Crippen LogP contribution >= 0.6 is 11.6 Å². The number of nitrogens with zero attached hydrogens (tertiary/aromatic N) is 1. The van der Waals surface area contributed by atoms with Crippen LogP contribution in [0.2, 0.25) is 0 Å². The summed E-state index contributed by atoms with van der Waals surface area (Å²) in [5.74, 6) is 1.85. The van der Waals surface area contributed by atoms with E-state index >= 15 is 0 Å². The van der Waals surface area contributed by atoms with Crippen molar-refractivity contribution in [1.82, 2.24) is 0 Å². The van der Waals surface area contributed by atoms with Crippen LogP contribution in [0.25, 0.3) is 12.2 Å². The molecule has 0 bridgehead atoms. The van der Waals surface area contributed by atoms with Gasteiger partial charge in [-0.05, 0) is 79.1 Å². The highest BCUT2D eigenvalue weighted by Gasteiger charge is 2.35. The van der Waals surface area contributed by atoms with Gasteiger partial charge in [-0.3, -0.25) is 4.79 Å². The molecule has 1 aromatic carbocycles. The Morgan fingerprint density at radius 2 is 2.03 bits per heavy atom. The van der Waals surface area contributed by atoms with Gasteiger partial charge in [-0.2, -0.15) is 0 Å². The predicted molar refractivity (Wildman–Crippen MR) is 140 cm³/mol. The number of anilines is 1. The zero-order valence-corrected chi connectivity index (χ0v) is 21.1. The number of allylic oxidation sites excluding steroid dienone is 3. The summed E-state index contributed by atoms with van der Waals surface area (Å²) in [6, 6.07) is 12.6. The maximum atomic E-state index is 10.9. The minimum Gasteiger partial charge on any atom is -0.456 e. The Morgan fingerprint density at radius 3 is 2.76 bits per heavy atom. The lowest BCUT2D eigenvalue weighted by atomic mass is 9.72. The van der Waals surface area contributed by atoms with E-state index in [0.29, 0.717) is 6.42 Å². The van der Waals surface area contributed by atoms with Crippen molar-refractivity contribution in [2.24, 2.45) is 5.41 Å². The van der Waals surface area contributed by atoms with Crippen molar-refractivity contribution in [3.63, 3.8) is 0 Å². The lowest BCUT2D eigenvalue weighted by Gasteiger charge is -2.37. The number of unbranched alkanes of at least 4 members (excludes halogenated alkanes) is 2. The molecule has 1 aliphatic heterocycles. The summed E-state index contributed by atoms with van der Waals surface area (Å²) in [6.45, 7) is 8.61. The monoisotopic (exact) mass is 477 g/mol. The Hall–Kier alpha value is -2.85. The van der Waals surface area contributed by atoms with E-state index in [1.54, 1.807) is 0 Å². The smallest absolute Gasteiger partial charge is 0.221 e. The zero-order chi connectivity index (χ0) is 24.1. The molecule has 0 amide bonds. The Kier molecular flexibility index (Phi) is 7.57. The van der Waals surface area contributed by atoms with E-state index in [4.69, 9.17) is 16.3 Å². The summed E-state index contributed by atoms with van der Waals surface area (Å²) in [6.07, 6.45) is 12.9. The standard InChI is InChI=1S/C29H33ClN2O2/c1-4-32(15-9-5-6-11-28(30)33)24-13-12-22-18-25-27(34-26(22)19-24)17-21(20-29(25,2)3)16-23-10-7-8-14-31-23/h7-8,10,12-14,16-19H,4-6,9,11,15,20H2,1-3H3/p+1. The third-order valence-corrected chi connectivity index (χ3v) is 6.79. The number of carbonyl (C=O) groups excluding carboxylic acids is 1. The number of pyridine rings is 1. The van der Waals surface area contributed by atoms with E-state index < -0.39 is 0 Å². The van der Waals surface area contributed by atoms with Crippen molar-refractivity contribution < 1.29 is 14.5 Å². The number of hydrogen-bond donors (Lipinski definition) is 0. The number of ether oxygens (including phenoxy) is 1. The van der Waals surface area contributed by atoms with Crippen LogP contribution in [0.15, 0.2) is 65.6 Å². The molecule has 1 N–H and O–H groups in total. The van der Waals surface area contributed by atoms with E-state index in [1.165, 1.54) is 11.1 Å². The van der Waals surface area contributed by atoms with Gasteiger partial charge >= 0.3 is 0 Å². The van der Waals surface area contributed by atoms with E-state index in [9.17, 15) is 4.79 Å². The molecule has 5 heteroatoms. The lowest BCUT2D eigenvalue weighted by molar-refractivity contribution is -0.380. The lowest BCUT2D eigenvalue weighted by Crippen LogP contribution is -2.26. The molecular formula is C29H34ClN2O2+. The van der Waals surface area contributed by atoms with E-state index in [1.807, 2.05) is 18.3 Å². The molecule has 4 nitrogen and oxygen atoms in total. The van der Waals surface area contributed by atoms with E-state index in [-0.39, 0.29) is 10.7 Å². The number of benzene rings is 1. The van der Waals surface area contributed by atoms with Crippen molar-refractivity contribution >= 4 is 34.7 Å². The molecule has 0 spiro atoms. The highest BCUT2D eigenvalue weighted by molar-refractivity contribution is 6.63. The van der Waals surface area contributed by atoms with Crippen molar-refractivity contribution in [2.75, 3.05) is 18.0 Å². The number of fused-ring (bicyclic) bond motifs is 2. The molecule has 0 radical (unpaired) electrons. The first kappa shape index (κ1) is 24.3. The second-order valence-corrected chi connectivity index (χ2v) is 10.2. The van der Waals surface area contributed by atoms with Crippen LogP contribution in [0.3, 0.4) is 0 Å². The first-order valence-electron chi connectivity index (χ1n) is 12.2. The van der Waals surface area contributed by atoms with E-state index in [2.05, 4.69) is 73.1 Å². The van der Waals surface area contributed by atoms with Gasteiger partial charge in [-0.25, -0.2) is 4.98 Å². The Labute approximate surface area is 208 Å². The highest BCUT2D eigenvalue weighted by atomic mass is 35.5. The van der Waals surface area contributed by atoms with Gasteiger partial charge in [0.05, 0.1) is 0 Å². The van der Waals surface area contributed by atoms with Crippen LogP contribution in [0.1, 0.15) is 64.1 Å². The molecule has 2 aromatic rings. The van der Waals surface area contributed by atoms with Crippen molar-refractivity contribution in [2.45, 2.75) is 52.9 Å². The number of aromatic nitrogens is 1. The van der Waals surface area contributed by atoms with Gasteiger partial charge in [0.1, 0.15) is 11.5 Å². The second kappa shape index (κ2) is 10.6. The minimum atomic E-state index is -0.244. The normalized spacial score (nSPS) is 17.2. The van der Waals surface area contributed by atoms with Gasteiger partial charge in [0.25, 0.3) is 0 Å². The van der Waals surface area contributed by atoms with Crippen LogP contribution in [0.5, 0.6) is 5.75 Å². The third-order valence-electron chi connectivity index (χ3n) is 6.60. The summed E-state index contributed by atoms with van der Waals surface area (Å²) in [7, 11) is 0. The van der Waals surface area contributed by atoms with Crippen LogP contribution in [0, 0.1) is 5.41 Å². The Bertz CT molecular complexity index is 1130. The number of H-pyrrole nitrogens is 1. The van der Waals surface area contributed by atoms with Gasteiger partial charge in [0, 0.05) is 60.6 Å². The quantitative estimate of drug-likeness (QED) is 0.294. The van der Waals surface area contributed by atoms with Crippen LogP contribution < -0.4 is 14.6 Å². The first-order chi connectivity index (χ1) is 16.4. The molecule has 34 heavy (non-hydrogen) atoms. The first-order valence-corrected chi connectivity index (χ1v) is 12.6. The molecule has 0 saturated heterocycles. The molecule has 2 aliphatic rings. The van der Waals surface area contributed by atoms with Crippen LogP contribution in [0.4, 0.5) is 5.69 Å². The SMILES string of the molecule is CCN(CCCCCC(=O)Cl)c1ccc2c(c1)OC1=CC(=Cc3cccc[nH+]3)CC(C)(C)C1=C2.